The Morgan fingerprint density at radius 1 is 1.31 bits per heavy atom. The molecule has 4 nitrogen and oxygen atoms in total. The summed E-state index contributed by atoms with van der Waals surface area (Å²) in [5, 5.41) is 10.8. The van der Waals surface area contributed by atoms with E-state index in [2.05, 4.69) is 0 Å². The van der Waals surface area contributed by atoms with Gasteiger partial charge in [-0.15, -0.1) is 0 Å². The monoisotopic (exact) mass is 221 g/mol. The van der Waals surface area contributed by atoms with Crippen molar-refractivity contribution in [1.82, 2.24) is 0 Å². The van der Waals surface area contributed by atoms with Crippen molar-refractivity contribution in [2.75, 3.05) is 0 Å². The zero-order valence-electron chi connectivity index (χ0n) is 9.42. The summed E-state index contributed by atoms with van der Waals surface area (Å²) in [5.41, 5.74) is 0.537. The molecule has 0 bridgehead atoms. The Kier molecular flexibility index (Phi) is 4.17. The van der Waals surface area contributed by atoms with E-state index >= 15 is 0 Å². The number of carbonyl (C=O) groups excluding carboxylic acids is 1. The topological polar surface area (TPSA) is 60.2 Å². The van der Waals surface area contributed by atoms with E-state index in [0.29, 0.717) is 5.56 Å². The maximum atomic E-state index is 11.8. The zero-order valence-corrected chi connectivity index (χ0v) is 9.42. The van der Waals surface area contributed by atoms with Crippen LogP contribution in [0.25, 0.3) is 0 Å². The van der Waals surface area contributed by atoms with E-state index in [1.807, 2.05) is 6.07 Å². The lowest BCUT2D eigenvalue weighted by molar-refractivity contribution is -0.529. The van der Waals surface area contributed by atoms with Gasteiger partial charge in [0.25, 0.3) is 0 Å². The van der Waals surface area contributed by atoms with Gasteiger partial charge in [-0.3, -0.25) is 14.9 Å². The number of hydrogen-bond acceptors (Lipinski definition) is 3. The van der Waals surface area contributed by atoms with Crippen molar-refractivity contribution in [1.29, 1.82) is 0 Å². The number of rotatable bonds is 5. The third-order valence-corrected chi connectivity index (χ3v) is 2.53. The van der Waals surface area contributed by atoms with Gasteiger partial charge < -0.3 is 0 Å². The molecule has 0 fully saturated rings. The smallest absolute Gasteiger partial charge is 0.222 e. The Bertz CT molecular complexity index is 373. The minimum absolute atomic E-state index is 0.0331. The van der Waals surface area contributed by atoms with Crippen molar-refractivity contribution in [3.05, 3.63) is 46.0 Å². The number of Topliss-reactive ketones (excluding diaryl/α,β-unsaturated/α-hetero) is 1. The van der Waals surface area contributed by atoms with Gasteiger partial charge in [0.1, 0.15) is 0 Å². The first-order valence-electron chi connectivity index (χ1n) is 5.24. The number of benzene rings is 1. The molecule has 0 amide bonds. The second kappa shape index (κ2) is 5.39. The van der Waals surface area contributed by atoms with Gasteiger partial charge in [0.05, 0.1) is 6.42 Å². The summed E-state index contributed by atoms with van der Waals surface area (Å²) in [7, 11) is 0. The molecule has 0 aliphatic heterocycles. The summed E-state index contributed by atoms with van der Waals surface area (Å²) in [6, 6.07) is 7.88. The molecule has 0 aliphatic rings. The van der Waals surface area contributed by atoms with Crippen molar-refractivity contribution in [3.8, 4) is 0 Å². The summed E-state index contributed by atoms with van der Waals surface area (Å²) in [5.74, 6) is -0.307. The molecule has 0 radical (unpaired) electrons. The van der Waals surface area contributed by atoms with Gasteiger partial charge in [-0.1, -0.05) is 44.2 Å². The number of hydrogen-bond donors (Lipinski definition) is 0. The number of nitrogens with zero attached hydrogens (tertiary/aromatic N) is 1. The largest absolute Gasteiger partial charge is 0.294 e. The molecular weight excluding hydrogens is 206 g/mol. The van der Waals surface area contributed by atoms with E-state index in [0.717, 1.165) is 0 Å². The quantitative estimate of drug-likeness (QED) is 0.436. The van der Waals surface area contributed by atoms with Gasteiger partial charge in [-0.05, 0) is 0 Å². The maximum Gasteiger partial charge on any atom is 0.222 e. The fraction of sp³-hybridized carbons (Fsp3) is 0.417. The summed E-state index contributed by atoms with van der Waals surface area (Å²) >= 11 is 0. The fourth-order valence-electron chi connectivity index (χ4n) is 1.49. The third-order valence-electron chi connectivity index (χ3n) is 2.53. The van der Waals surface area contributed by atoms with Crippen LogP contribution < -0.4 is 0 Å². The van der Waals surface area contributed by atoms with Crippen LogP contribution in [0.15, 0.2) is 30.3 Å². The highest BCUT2D eigenvalue weighted by Crippen LogP contribution is 2.13. The first-order chi connectivity index (χ1) is 7.52. The Morgan fingerprint density at radius 2 is 1.88 bits per heavy atom. The molecule has 1 aromatic carbocycles. The van der Waals surface area contributed by atoms with Crippen LogP contribution in [-0.2, 0) is 0 Å². The molecule has 1 rings (SSSR count). The van der Waals surface area contributed by atoms with E-state index in [9.17, 15) is 14.9 Å². The predicted molar refractivity (Wildman–Crippen MR) is 61.0 cm³/mol. The molecular formula is C12H15NO3. The van der Waals surface area contributed by atoms with Gasteiger partial charge in [-0.2, -0.15) is 0 Å². The van der Waals surface area contributed by atoms with E-state index in [4.69, 9.17) is 0 Å². The molecule has 0 aliphatic carbocycles. The lowest BCUT2D eigenvalue weighted by Crippen LogP contribution is -2.28. The average molecular weight is 221 g/mol. The first kappa shape index (κ1) is 12.4. The summed E-state index contributed by atoms with van der Waals surface area (Å²) in [4.78, 5) is 22.2. The van der Waals surface area contributed by atoms with Gasteiger partial charge in [0, 0.05) is 16.4 Å². The first-order valence-corrected chi connectivity index (χ1v) is 5.24. The molecule has 0 saturated heterocycles. The Balaban J connectivity index is 2.74. The molecule has 0 N–H and O–H groups in total. The van der Waals surface area contributed by atoms with Crippen molar-refractivity contribution in [3.63, 3.8) is 0 Å². The lowest BCUT2D eigenvalue weighted by Gasteiger charge is -2.11. The van der Waals surface area contributed by atoms with E-state index in [-0.39, 0.29) is 23.0 Å². The van der Waals surface area contributed by atoms with Crippen LogP contribution in [0.1, 0.15) is 30.6 Å². The number of carbonyl (C=O) groups is 1. The third kappa shape index (κ3) is 3.15. The average Bonchev–Trinajstić information content (AvgIpc) is 2.25. The van der Waals surface area contributed by atoms with Gasteiger partial charge in [0.2, 0.25) is 6.04 Å². The Labute approximate surface area is 94.4 Å². The highest BCUT2D eigenvalue weighted by atomic mass is 16.6. The van der Waals surface area contributed by atoms with E-state index < -0.39 is 6.04 Å². The van der Waals surface area contributed by atoms with Crippen molar-refractivity contribution in [2.24, 2.45) is 5.92 Å². The summed E-state index contributed by atoms with van der Waals surface area (Å²) < 4.78 is 0. The van der Waals surface area contributed by atoms with Crippen LogP contribution >= 0.6 is 0 Å². The lowest BCUT2D eigenvalue weighted by atomic mass is 9.96. The van der Waals surface area contributed by atoms with Gasteiger partial charge in [0.15, 0.2) is 5.78 Å². The number of ketones is 1. The van der Waals surface area contributed by atoms with Gasteiger partial charge >= 0.3 is 0 Å². The molecule has 16 heavy (non-hydrogen) atoms. The molecule has 1 atom stereocenters. The van der Waals surface area contributed by atoms with Crippen LogP contribution in [0.3, 0.4) is 0 Å². The minimum Gasteiger partial charge on any atom is -0.294 e. The normalized spacial score (nSPS) is 12.4. The Morgan fingerprint density at radius 3 is 2.31 bits per heavy atom. The van der Waals surface area contributed by atoms with Crippen LogP contribution in [0.5, 0.6) is 0 Å². The zero-order chi connectivity index (χ0) is 12.1. The minimum atomic E-state index is -0.798. The van der Waals surface area contributed by atoms with Crippen LogP contribution in [0.2, 0.25) is 0 Å². The van der Waals surface area contributed by atoms with Gasteiger partial charge in [-0.25, -0.2) is 0 Å². The molecule has 0 aromatic heterocycles. The van der Waals surface area contributed by atoms with Crippen LogP contribution in [0.4, 0.5) is 0 Å². The predicted octanol–water partition coefficient (Wildman–Crippen LogP) is 2.56. The van der Waals surface area contributed by atoms with E-state index in [1.54, 1.807) is 38.1 Å². The second-order valence-corrected chi connectivity index (χ2v) is 4.09. The highest BCUT2D eigenvalue weighted by molar-refractivity contribution is 5.96. The van der Waals surface area contributed by atoms with E-state index in [1.165, 1.54) is 0 Å². The molecule has 1 unspecified atom stereocenters. The molecule has 86 valence electrons. The van der Waals surface area contributed by atoms with Crippen LogP contribution in [-0.4, -0.2) is 16.7 Å². The second-order valence-electron chi connectivity index (χ2n) is 4.09. The summed E-state index contributed by atoms with van der Waals surface area (Å²) in [6.45, 7) is 3.51. The molecule has 0 heterocycles. The SMILES string of the molecule is CC(C)C(CC(=O)c1ccccc1)[N+](=O)[O-]. The molecule has 0 spiro atoms. The van der Waals surface area contributed by atoms with Crippen molar-refractivity contribution < 1.29 is 9.72 Å². The summed E-state index contributed by atoms with van der Waals surface area (Å²) in [6.07, 6.45) is -0.0331. The molecule has 4 heteroatoms. The number of nitro groups is 1. The van der Waals surface area contributed by atoms with Crippen molar-refractivity contribution in [2.45, 2.75) is 26.3 Å². The molecule has 0 saturated carbocycles. The molecule has 1 aromatic rings. The maximum absolute atomic E-state index is 11.8. The highest BCUT2D eigenvalue weighted by Gasteiger charge is 2.27. The van der Waals surface area contributed by atoms with Crippen LogP contribution in [0, 0.1) is 16.0 Å². The Hall–Kier alpha value is -1.71. The fourth-order valence-corrected chi connectivity index (χ4v) is 1.49. The van der Waals surface area contributed by atoms with Crippen molar-refractivity contribution >= 4 is 5.78 Å². The standard InChI is InChI=1S/C12H15NO3/c1-9(2)11(13(15)16)8-12(14)10-6-4-3-5-7-10/h3-7,9,11H,8H2,1-2H3.